The molecule has 24 heavy (non-hydrogen) atoms. The van der Waals surface area contributed by atoms with Gasteiger partial charge in [-0.1, -0.05) is 15.9 Å². The molecule has 0 bridgehead atoms. The molecule has 2 aromatic rings. The Balaban J connectivity index is 1.81. The van der Waals surface area contributed by atoms with Crippen molar-refractivity contribution in [3.8, 4) is 0 Å². The van der Waals surface area contributed by atoms with Crippen molar-refractivity contribution in [3.05, 3.63) is 39.8 Å². The Bertz CT molecular complexity index is 849. The Morgan fingerprint density at radius 2 is 2.08 bits per heavy atom. The van der Waals surface area contributed by atoms with Gasteiger partial charge in [-0.05, 0) is 44.0 Å². The summed E-state index contributed by atoms with van der Waals surface area (Å²) in [7, 11) is -3.70. The van der Waals surface area contributed by atoms with Gasteiger partial charge in [-0.15, -0.1) is 11.3 Å². The normalized spacial score (nSPS) is 18.7. The summed E-state index contributed by atoms with van der Waals surface area (Å²) >= 11 is 4.66. The summed E-state index contributed by atoms with van der Waals surface area (Å²) in [5.74, 6) is -0.331. The van der Waals surface area contributed by atoms with E-state index in [1.165, 1.54) is 27.8 Å². The molecule has 1 fully saturated rings. The zero-order valence-corrected chi connectivity index (χ0v) is 16.1. The van der Waals surface area contributed by atoms with Gasteiger partial charge in [-0.3, -0.25) is 4.79 Å². The van der Waals surface area contributed by atoms with E-state index in [0.29, 0.717) is 24.5 Å². The number of sulfonamides is 1. The standard InChI is InChI=1S/C15H16BrN3O3S2/c1-10-9-17-15(23-10)18-14(20)13-3-2-8-19(13)24(21,22)12-6-4-11(16)5-7-12/h4-7,9,13H,2-3,8H2,1H3,(H,17,18,20)/t13-/m1/s1. The summed E-state index contributed by atoms with van der Waals surface area (Å²) in [5.41, 5.74) is 0. The lowest BCUT2D eigenvalue weighted by Gasteiger charge is -2.23. The van der Waals surface area contributed by atoms with Crippen LogP contribution in [-0.4, -0.2) is 36.2 Å². The second kappa shape index (κ2) is 6.91. The second-order valence-electron chi connectivity index (χ2n) is 5.49. The zero-order chi connectivity index (χ0) is 17.3. The molecule has 0 unspecified atom stereocenters. The van der Waals surface area contributed by atoms with Crippen LogP contribution in [0, 0.1) is 6.92 Å². The Morgan fingerprint density at radius 1 is 1.38 bits per heavy atom. The van der Waals surface area contributed by atoms with Crippen molar-refractivity contribution in [3.63, 3.8) is 0 Å². The number of amides is 1. The number of hydrogen-bond donors (Lipinski definition) is 1. The van der Waals surface area contributed by atoms with Gasteiger partial charge < -0.3 is 5.32 Å². The molecule has 3 rings (SSSR count). The number of carbonyl (C=O) groups is 1. The lowest BCUT2D eigenvalue weighted by Crippen LogP contribution is -2.43. The largest absolute Gasteiger partial charge is 0.301 e. The summed E-state index contributed by atoms with van der Waals surface area (Å²) in [5, 5.41) is 3.21. The molecule has 0 radical (unpaired) electrons. The molecule has 6 nitrogen and oxygen atoms in total. The third-order valence-electron chi connectivity index (χ3n) is 3.78. The molecule has 0 saturated carbocycles. The average Bonchev–Trinajstić information content (AvgIpc) is 3.17. The Labute approximate surface area is 153 Å². The van der Waals surface area contributed by atoms with Gasteiger partial charge in [0.1, 0.15) is 6.04 Å². The lowest BCUT2D eigenvalue weighted by atomic mass is 10.2. The van der Waals surface area contributed by atoms with E-state index in [2.05, 4.69) is 26.2 Å². The molecule has 2 heterocycles. The Hall–Kier alpha value is -1.29. The predicted octanol–water partition coefficient (Wildman–Crippen LogP) is 3.01. The molecule has 0 spiro atoms. The Kier molecular flexibility index (Phi) is 5.05. The van der Waals surface area contributed by atoms with Crippen LogP contribution >= 0.6 is 27.3 Å². The summed E-state index contributed by atoms with van der Waals surface area (Å²) in [6, 6.07) is 5.73. The van der Waals surface area contributed by atoms with Crippen molar-refractivity contribution >= 4 is 48.3 Å². The van der Waals surface area contributed by atoms with Crippen molar-refractivity contribution in [2.75, 3.05) is 11.9 Å². The Morgan fingerprint density at radius 3 is 2.71 bits per heavy atom. The zero-order valence-electron chi connectivity index (χ0n) is 12.9. The maximum absolute atomic E-state index is 12.8. The van der Waals surface area contributed by atoms with Gasteiger partial charge in [0.25, 0.3) is 0 Å². The lowest BCUT2D eigenvalue weighted by molar-refractivity contribution is -0.119. The number of carbonyl (C=O) groups excluding carboxylic acids is 1. The van der Waals surface area contributed by atoms with Crippen molar-refractivity contribution in [1.29, 1.82) is 0 Å². The highest BCUT2D eigenvalue weighted by atomic mass is 79.9. The predicted molar refractivity (Wildman–Crippen MR) is 96.5 cm³/mol. The van der Waals surface area contributed by atoms with E-state index < -0.39 is 16.1 Å². The fraction of sp³-hybridized carbons (Fsp3) is 0.333. The number of rotatable bonds is 4. The van der Waals surface area contributed by atoms with Gasteiger partial charge in [-0.2, -0.15) is 4.31 Å². The van der Waals surface area contributed by atoms with Crippen LogP contribution in [0.4, 0.5) is 5.13 Å². The summed E-state index contributed by atoms with van der Waals surface area (Å²) < 4.78 is 27.8. The monoisotopic (exact) mass is 429 g/mol. The van der Waals surface area contributed by atoms with Crippen molar-refractivity contribution in [2.45, 2.75) is 30.7 Å². The van der Waals surface area contributed by atoms with Crippen LogP contribution in [0.2, 0.25) is 0 Å². The minimum atomic E-state index is -3.70. The third kappa shape index (κ3) is 3.53. The van der Waals surface area contributed by atoms with E-state index in [4.69, 9.17) is 0 Å². The summed E-state index contributed by atoms with van der Waals surface area (Å²) in [4.78, 5) is 17.8. The van der Waals surface area contributed by atoms with E-state index in [1.807, 2.05) is 6.92 Å². The molecule has 1 saturated heterocycles. The summed E-state index contributed by atoms with van der Waals surface area (Å²) in [6.07, 6.45) is 2.84. The molecule has 0 aliphatic carbocycles. The van der Waals surface area contributed by atoms with E-state index in [1.54, 1.807) is 18.3 Å². The number of nitrogens with one attached hydrogen (secondary N) is 1. The first kappa shape index (κ1) is 17.5. The number of aryl methyl sites for hydroxylation is 1. The van der Waals surface area contributed by atoms with E-state index in [-0.39, 0.29) is 10.8 Å². The molecular formula is C15H16BrN3O3S2. The number of anilines is 1. The number of thiazole rings is 1. The molecule has 9 heteroatoms. The van der Waals surface area contributed by atoms with Crippen molar-refractivity contribution in [1.82, 2.24) is 9.29 Å². The highest BCUT2D eigenvalue weighted by Crippen LogP contribution is 2.28. The van der Waals surface area contributed by atoms with Gasteiger partial charge >= 0.3 is 0 Å². The highest BCUT2D eigenvalue weighted by Gasteiger charge is 2.39. The van der Waals surface area contributed by atoms with Crippen LogP contribution < -0.4 is 5.32 Å². The first-order valence-corrected chi connectivity index (χ1v) is 10.4. The molecule has 128 valence electrons. The van der Waals surface area contributed by atoms with Gasteiger partial charge in [0.05, 0.1) is 4.90 Å². The molecular weight excluding hydrogens is 414 g/mol. The van der Waals surface area contributed by atoms with Gasteiger partial charge in [0.2, 0.25) is 15.9 Å². The number of halogens is 1. The van der Waals surface area contributed by atoms with Crippen LogP contribution in [-0.2, 0) is 14.8 Å². The number of hydrogen-bond acceptors (Lipinski definition) is 5. The maximum Gasteiger partial charge on any atom is 0.244 e. The number of aromatic nitrogens is 1. The van der Waals surface area contributed by atoms with Crippen molar-refractivity contribution in [2.24, 2.45) is 0 Å². The first-order chi connectivity index (χ1) is 11.4. The molecule has 1 N–H and O–H groups in total. The van der Waals surface area contributed by atoms with E-state index in [0.717, 1.165) is 9.35 Å². The number of nitrogens with zero attached hydrogens (tertiary/aromatic N) is 2. The molecule has 1 aliphatic rings. The van der Waals surface area contributed by atoms with Gasteiger partial charge in [0, 0.05) is 22.1 Å². The quantitative estimate of drug-likeness (QED) is 0.809. The van der Waals surface area contributed by atoms with Crippen LogP contribution in [0.25, 0.3) is 0 Å². The topological polar surface area (TPSA) is 79.4 Å². The van der Waals surface area contributed by atoms with Crippen molar-refractivity contribution < 1.29 is 13.2 Å². The fourth-order valence-corrected chi connectivity index (χ4v) is 5.22. The van der Waals surface area contributed by atoms with Crippen LogP contribution in [0.5, 0.6) is 0 Å². The summed E-state index contributed by atoms with van der Waals surface area (Å²) in [6.45, 7) is 2.24. The first-order valence-electron chi connectivity index (χ1n) is 7.38. The molecule has 1 aromatic carbocycles. The van der Waals surface area contributed by atoms with Gasteiger partial charge in [-0.25, -0.2) is 13.4 Å². The van der Waals surface area contributed by atoms with E-state index >= 15 is 0 Å². The van der Waals surface area contributed by atoms with Gasteiger partial charge in [0.15, 0.2) is 5.13 Å². The van der Waals surface area contributed by atoms with E-state index in [9.17, 15) is 13.2 Å². The van der Waals surface area contributed by atoms with Crippen LogP contribution in [0.1, 0.15) is 17.7 Å². The molecule has 1 atom stereocenters. The second-order valence-corrected chi connectivity index (χ2v) is 9.53. The molecule has 1 amide bonds. The average molecular weight is 430 g/mol. The molecule has 1 aromatic heterocycles. The minimum Gasteiger partial charge on any atom is -0.301 e. The molecule has 1 aliphatic heterocycles. The number of benzene rings is 1. The fourth-order valence-electron chi connectivity index (χ4n) is 2.63. The van der Waals surface area contributed by atoms with Crippen LogP contribution in [0.3, 0.4) is 0 Å². The highest BCUT2D eigenvalue weighted by molar-refractivity contribution is 9.10. The third-order valence-corrected chi connectivity index (χ3v) is 7.06. The SMILES string of the molecule is Cc1cnc(NC(=O)[C@H]2CCCN2S(=O)(=O)c2ccc(Br)cc2)s1. The smallest absolute Gasteiger partial charge is 0.244 e. The maximum atomic E-state index is 12.8. The van der Waals surface area contributed by atoms with Crippen LogP contribution in [0.15, 0.2) is 39.8 Å². The minimum absolute atomic E-state index is 0.190.